The fraction of sp³-hybridized carbons (Fsp3) is 0.963. The van der Waals surface area contributed by atoms with E-state index in [9.17, 15) is 45.6 Å². The van der Waals surface area contributed by atoms with Crippen molar-refractivity contribution in [2.24, 2.45) is 34.4 Å². The number of rotatable bonds is 13. The van der Waals surface area contributed by atoms with Gasteiger partial charge in [0, 0.05) is 19.1 Å². The molecule has 22 heteroatoms. The van der Waals surface area contributed by atoms with E-state index in [1.165, 1.54) is 0 Å². The molecule has 0 unspecified atom stereocenters. The largest absolute Gasteiger partial charge is 0.394 e. The molecule has 3 heterocycles. The number of aliphatic hydroxyl groups excluding tert-OH is 8. The van der Waals surface area contributed by atoms with Crippen LogP contribution in [0.15, 0.2) is 0 Å². The molecule has 0 radical (unpaired) electrons. The number of nitrogens with one attached hydrogen (secondary N) is 1. The third-order valence-corrected chi connectivity index (χ3v) is 9.40. The summed E-state index contributed by atoms with van der Waals surface area (Å²) in [5.41, 5.74) is 35.3. The lowest BCUT2D eigenvalue weighted by molar-refractivity contribution is -0.307. The average Bonchev–Trinajstić information content (AvgIpc) is 3.38. The van der Waals surface area contributed by atoms with E-state index in [1.807, 2.05) is 0 Å². The van der Waals surface area contributed by atoms with Gasteiger partial charge in [-0.2, -0.15) is 0 Å². The van der Waals surface area contributed by atoms with Gasteiger partial charge in [0.15, 0.2) is 18.9 Å². The van der Waals surface area contributed by atoms with Crippen molar-refractivity contribution < 1.29 is 74.1 Å². The van der Waals surface area contributed by atoms with E-state index in [0.29, 0.717) is 0 Å². The number of ether oxygens (including phenoxy) is 6. The summed E-state index contributed by atoms with van der Waals surface area (Å²) in [5.74, 6) is -0.849. The highest BCUT2D eigenvalue weighted by Crippen LogP contribution is 2.34. The minimum Gasteiger partial charge on any atom is -0.394 e. The zero-order valence-corrected chi connectivity index (χ0v) is 26.7. The standard InChI is InChI=1S/C27H53N7O15/c28-2-1-9(36)24(43)34-8-3-7(31)21(47-25-13(32)18(40)16(38)10(4-29)44-25)23(15(8)37)49-27-20(42)22(12(6-35)46-27)48-26-14(33)19(41)17(39)11(5-30)45-26/h7-23,25-27,35-42H,1-6,28-33H2,(H,34,43)/t7-,8+,9-,10+,11-,12+,13+,14+,15-,16+,17+,18-,19+,20+,21+,22+,23+,25+,26+,27-/m0/s1. The smallest absolute Gasteiger partial charge is 0.249 e. The van der Waals surface area contributed by atoms with E-state index in [2.05, 4.69) is 5.32 Å². The van der Waals surface area contributed by atoms with E-state index < -0.39 is 135 Å². The van der Waals surface area contributed by atoms with Crippen LogP contribution >= 0.6 is 0 Å². The second kappa shape index (κ2) is 17.5. The second-order valence-electron chi connectivity index (χ2n) is 12.8. The van der Waals surface area contributed by atoms with Crippen LogP contribution in [-0.4, -0.2) is 195 Å². The zero-order valence-electron chi connectivity index (χ0n) is 26.7. The first-order valence-electron chi connectivity index (χ1n) is 16.2. The van der Waals surface area contributed by atoms with Crippen LogP contribution in [0.1, 0.15) is 12.8 Å². The van der Waals surface area contributed by atoms with Gasteiger partial charge in [-0.1, -0.05) is 0 Å². The van der Waals surface area contributed by atoms with Crippen LogP contribution in [0.2, 0.25) is 0 Å². The van der Waals surface area contributed by atoms with Crippen molar-refractivity contribution in [3.05, 3.63) is 0 Å². The molecule has 0 aromatic carbocycles. The number of amides is 1. The summed E-state index contributed by atoms with van der Waals surface area (Å²) in [6, 6.07) is -4.82. The molecule has 20 atom stereocenters. The van der Waals surface area contributed by atoms with Crippen molar-refractivity contribution in [2.75, 3.05) is 26.2 Å². The fourth-order valence-electron chi connectivity index (χ4n) is 6.42. The molecule has 0 spiro atoms. The Kier molecular flexibility index (Phi) is 14.4. The van der Waals surface area contributed by atoms with Crippen LogP contribution in [0.5, 0.6) is 0 Å². The van der Waals surface area contributed by atoms with Gasteiger partial charge in [-0.15, -0.1) is 0 Å². The molecule has 0 aromatic rings. The van der Waals surface area contributed by atoms with Gasteiger partial charge in [0.05, 0.1) is 24.7 Å². The molecule has 49 heavy (non-hydrogen) atoms. The highest BCUT2D eigenvalue weighted by atomic mass is 16.8. The molecule has 1 saturated carbocycles. The Hall–Kier alpha value is -1.33. The van der Waals surface area contributed by atoms with Crippen LogP contribution in [-0.2, 0) is 33.2 Å². The van der Waals surface area contributed by atoms with Crippen molar-refractivity contribution >= 4 is 5.91 Å². The summed E-state index contributed by atoms with van der Waals surface area (Å²) < 4.78 is 35.0. The maximum atomic E-state index is 12.6. The zero-order chi connectivity index (χ0) is 36.3. The summed E-state index contributed by atoms with van der Waals surface area (Å²) in [7, 11) is 0. The number of aliphatic hydroxyl groups is 8. The van der Waals surface area contributed by atoms with Crippen LogP contribution in [0, 0.1) is 0 Å². The Bertz CT molecular complexity index is 1060. The third-order valence-electron chi connectivity index (χ3n) is 9.40. The minimum atomic E-state index is -1.72. The predicted molar refractivity (Wildman–Crippen MR) is 162 cm³/mol. The number of nitrogens with two attached hydrogens (primary N) is 6. The number of hydrogen-bond acceptors (Lipinski definition) is 21. The molecule has 0 aromatic heterocycles. The van der Waals surface area contributed by atoms with E-state index in [-0.39, 0.29) is 32.5 Å². The van der Waals surface area contributed by atoms with Crippen molar-refractivity contribution in [1.29, 1.82) is 0 Å². The van der Waals surface area contributed by atoms with Gasteiger partial charge in [0.2, 0.25) is 5.91 Å². The first-order valence-corrected chi connectivity index (χ1v) is 16.2. The van der Waals surface area contributed by atoms with Gasteiger partial charge in [0.1, 0.15) is 79.4 Å². The number of hydrogen-bond donors (Lipinski definition) is 15. The molecule has 21 N–H and O–H groups in total. The molecule has 286 valence electrons. The fourth-order valence-corrected chi connectivity index (χ4v) is 6.42. The Morgan fingerprint density at radius 3 is 1.67 bits per heavy atom. The van der Waals surface area contributed by atoms with Crippen molar-refractivity contribution in [2.45, 2.75) is 135 Å². The average molecular weight is 716 g/mol. The molecule has 0 bridgehead atoms. The summed E-state index contributed by atoms with van der Waals surface area (Å²) in [5, 5.41) is 86.9. The summed E-state index contributed by atoms with van der Waals surface area (Å²) in [6.45, 7) is -1.14. The van der Waals surface area contributed by atoms with Gasteiger partial charge in [-0.25, -0.2) is 0 Å². The maximum Gasteiger partial charge on any atom is 0.249 e. The van der Waals surface area contributed by atoms with E-state index in [1.54, 1.807) is 0 Å². The van der Waals surface area contributed by atoms with Crippen molar-refractivity contribution in [1.82, 2.24) is 5.32 Å². The van der Waals surface area contributed by atoms with Gasteiger partial charge >= 0.3 is 0 Å². The SMILES string of the molecule is NCC[C@H](O)C(=O)N[C@@H]1C[C@H](N)[C@@H](O[C@H]2O[C@H](CN)[C@@H](O)[C@@H](O)[C@H]2N)[C@H](O[C@@H]2O[C@H](CO)[C@@H](O[C@H]3O[C@@H](CN)[C@@H](O)[C@H](O)[C@H]3N)[C@H]2O)[C@H]1O. The normalized spacial score (nSPS) is 48.3. The lowest BCUT2D eigenvalue weighted by atomic mass is 9.83. The molecule has 3 saturated heterocycles. The third kappa shape index (κ3) is 8.66. The first-order chi connectivity index (χ1) is 23.2. The molecular formula is C27H53N7O15. The van der Waals surface area contributed by atoms with E-state index in [0.717, 1.165) is 0 Å². The summed E-state index contributed by atoms with van der Waals surface area (Å²) in [6.07, 6.45) is -23.2. The van der Waals surface area contributed by atoms with Crippen molar-refractivity contribution in [3.63, 3.8) is 0 Å². The first kappa shape index (κ1) is 40.4. The van der Waals surface area contributed by atoms with Gasteiger partial charge in [0.25, 0.3) is 0 Å². The molecule has 4 fully saturated rings. The van der Waals surface area contributed by atoms with Crippen molar-refractivity contribution in [3.8, 4) is 0 Å². The number of carbonyl (C=O) groups is 1. The predicted octanol–water partition coefficient (Wildman–Crippen LogP) is -10.0. The lowest BCUT2D eigenvalue weighted by Gasteiger charge is -2.48. The highest BCUT2D eigenvalue weighted by Gasteiger charge is 2.55. The van der Waals surface area contributed by atoms with Crippen LogP contribution < -0.4 is 39.7 Å². The highest BCUT2D eigenvalue weighted by molar-refractivity contribution is 5.80. The van der Waals surface area contributed by atoms with Crippen LogP contribution in [0.3, 0.4) is 0 Å². The maximum absolute atomic E-state index is 12.6. The Morgan fingerprint density at radius 1 is 0.694 bits per heavy atom. The molecule has 4 rings (SSSR count). The van der Waals surface area contributed by atoms with Crippen LogP contribution in [0.25, 0.3) is 0 Å². The topological polar surface area (TPSA) is 402 Å². The summed E-state index contributed by atoms with van der Waals surface area (Å²) >= 11 is 0. The molecule has 3 aliphatic heterocycles. The summed E-state index contributed by atoms with van der Waals surface area (Å²) in [4.78, 5) is 12.6. The molecule has 1 aliphatic carbocycles. The Labute approximate surface area is 281 Å². The monoisotopic (exact) mass is 715 g/mol. The van der Waals surface area contributed by atoms with Gasteiger partial charge < -0.3 is 109 Å². The molecular weight excluding hydrogens is 662 g/mol. The van der Waals surface area contributed by atoms with Gasteiger partial charge in [-0.3, -0.25) is 4.79 Å². The Balaban J connectivity index is 1.57. The van der Waals surface area contributed by atoms with Gasteiger partial charge in [-0.05, 0) is 19.4 Å². The minimum absolute atomic E-state index is 0.00431. The number of carbonyl (C=O) groups excluding carboxylic acids is 1. The molecule has 22 nitrogen and oxygen atoms in total. The quantitative estimate of drug-likeness (QED) is 0.0841. The Morgan fingerprint density at radius 2 is 1.18 bits per heavy atom. The second-order valence-corrected chi connectivity index (χ2v) is 12.8. The van der Waals surface area contributed by atoms with Crippen LogP contribution in [0.4, 0.5) is 0 Å². The van der Waals surface area contributed by atoms with E-state index in [4.69, 9.17) is 62.8 Å². The van der Waals surface area contributed by atoms with E-state index >= 15 is 0 Å². The lowest BCUT2D eigenvalue weighted by Crippen LogP contribution is -2.69. The molecule has 1 amide bonds. The molecule has 4 aliphatic rings.